The summed E-state index contributed by atoms with van der Waals surface area (Å²) in [6, 6.07) is 2.29. The Morgan fingerprint density at radius 1 is 1.39 bits per heavy atom. The molecule has 0 amide bonds. The van der Waals surface area contributed by atoms with Crippen LogP contribution in [0.3, 0.4) is 0 Å². The van der Waals surface area contributed by atoms with Crippen LogP contribution in [-0.4, -0.2) is 46.9 Å². The minimum absolute atomic E-state index is 0.155. The van der Waals surface area contributed by atoms with Crippen LogP contribution in [0.5, 0.6) is 0 Å². The second-order valence-electron chi connectivity index (χ2n) is 10.1. The van der Waals surface area contributed by atoms with Crippen molar-refractivity contribution in [3.63, 3.8) is 0 Å². The maximum absolute atomic E-state index is 13.7. The van der Waals surface area contributed by atoms with Gasteiger partial charge in [0.25, 0.3) is 0 Å². The van der Waals surface area contributed by atoms with Crippen LogP contribution in [0.4, 0.5) is 8.78 Å². The molecule has 1 aromatic rings. The summed E-state index contributed by atoms with van der Waals surface area (Å²) >= 11 is 1.01. The third-order valence-electron chi connectivity index (χ3n) is 5.94. The number of rotatable bonds is 11. The van der Waals surface area contributed by atoms with E-state index in [2.05, 4.69) is 42.4 Å². The van der Waals surface area contributed by atoms with E-state index < -0.39 is 35.4 Å². The van der Waals surface area contributed by atoms with Gasteiger partial charge >= 0.3 is 0 Å². The second-order valence-corrected chi connectivity index (χ2v) is 11.0. The number of aliphatic hydroxyl groups excluding tert-OH is 1. The highest BCUT2D eigenvalue weighted by Crippen LogP contribution is 2.32. The maximum atomic E-state index is 13.7. The summed E-state index contributed by atoms with van der Waals surface area (Å²) in [5.74, 6) is -1.36. The molecule has 9 heteroatoms. The Bertz CT molecular complexity index is 798. The zero-order valence-corrected chi connectivity index (χ0v) is 20.6. The molecule has 1 aromatic carbocycles. The van der Waals surface area contributed by atoms with Gasteiger partial charge in [0.15, 0.2) is 0 Å². The number of aliphatic hydroxyl groups is 2. The van der Waals surface area contributed by atoms with Gasteiger partial charge in [-0.15, -0.1) is 0 Å². The molecule has 0 saturated carbocycles. The third-order valence-corrected chi connectivity index (χ3v) is 6.50. The first kappa shape index (κ1) is 27.6. The van der Waals surface area contributed by atoms with Crippen molar-refractivity contribution in [2.24, 2.45) is 15.5 Å². The van der Waals surface area contributed by atoms with E-state index in [0.717, 1.165) is 37.2 Å². The minimum Gasteiger partial charge on any atom is -0.390 e. The monoisotopic (exact) mass is 484 g/mol. The van der Waals surface area contributed by atoms with Gasteiger partial charge in [-0.05, 0) is 61.8 Å². The molecule has 4 unspecified atom stereocenters. The first-order chi connectivity index (χ1) is 15.4. The van der Waals surface area contributed by atoms with Crippen molar-refractivity contribution in [1.29, 1.82) is 0 Å². The van der Waals surface area contributed by atoms with E-state index in [4.69, 9.17) is 5.73 Å². The molecule has 0 aromatic heterocycles. The number of piperidine rings is 1. The van der Waals surface area contributed by atoms with Crippen LogP contribution in [0.2, 0.25) is 0 Å². The van der Waals surface area contributed by atoms with Crippen molar-refractivity contribution in [1.82, 2.24) is 10.6 Å². The van der Waals surface area contributed by atoms with E-state index in [1.807, 2.05) is 0 Å². The van der Waals surface area contributed by atoms with Gasteiger partial charge in [0.2, 0.25) is 0 Å². The molecule has 0 spiro atoms. The molecule has 186 valence electrons. The fraction of sp³-hybridized carbons (Fsp3) is 0.625. The van der Waals surface area contributed by atoms with Gasteiger partial charge in [0.1, 0.15) is 11.6 Å². The van der Waals surface area contributed by atoms with E-state index in [9.17, 15) is 19.0 Å². The van der Waals surface area contributed by atoms with Gasteiger partial charge in [-0.1, -0.05) is 33.8 Å². The molecule has 6 N–H and O–H groups in total. The predicted octanol–water partition coefficient (Wildman–Crippen LogP) is 3.63. The molecule has 33 heavy (non-hydrogen) atoms. The van der Waals surface area contributed by atoms with Gasteiger partial charge in [0.05, 0.1) is 29.1 Å². The molecule has 0 aliphatic carbocycles. The molecule has 4 atom stereocenters. The zero-order chi connectivity index (χ0) is 24.6. The number of hydrogen-bond donors (Lipinski definition) is 5. The third kappa shape index (κ3) is 9.60. The molecule has 2 rings (SSSR count). The van der Waals surface area contributed by atoms with E-state index >= 15 is 0 Å². The molecule has 1 heterocycles. The number of nitrogens with one attached hydrogen (secondary N) is 2. The van der Waals surface area contributed by atoms with Crippen molar-refractivity contribution in [2.45, 2.75) is 83.1 Å². The lowest BCUT2D eigenvalue weighted by Crippen LogP contribution is -2.58. The molecule has 1 fully saturated rings. The van der Waals surface area contributed by atoms with Crippen molar-refractivity contribution in [2.75, 3.05) is 6.54 Å². The maximum Gasteiger partial charge on any atom is 0.126 e. The molecule has 1 aliphatic rings. The fourth-order valence-corrected chi connectivity index (χ4v) is 4.73. The molecule has 0 bridgehead atoms. The van der Waals surface area contributed by atoms with Crippen molar-refractivity contribution in [3.05, 3.63) is 47.0 Å². The lowest BCUT2D eigenvalue weighted by Gasteiger charge is -2.42. The van der Waals surface area contributed by atoms with Crippen LogP contribution >= 0.6 is 11.9 Å². The van der Waals surface area contributed by atoms with Gasteiger partial charge < -0.3 is 26.6 Å². The predicted molar refractivity (Wildman–Crippen MR) is 132 cm³/mol. The largest absolute Gasteiger partial charge is 0.390 e. The summed E-state index contributed by atoms with van der Waals surface area (Å²) in [4.78, 5) is 0. The Labute approximate surface area is 200 Å². The Balaban J connectivity index is 2.14. The summed E-state index contributed by atoms with van der Waals surface area (Å²) in [5.41, 5.74) is 5.02. The lowest BCUT2D eigenvalue weighted by molar-refractivity contribution is -0.0413. The molecule has 6 nitrogen and oxygen atoms in total. The van der Waals surface area contributed by atoms with Gasteiger partial charge in [-0.3, -0.25) is 0 Å². The summed E-state index contributed by atoms with van der Waals surface area (Å²) < 4.78 is 31.3. The van der Waals surface area contributed by atoms with E-state index in [-0.39, 0.29) is 11.8 Å². The van der Waals surface area contributed by atoms with Crippen molar-refractivity contribution in [3.8, 4) is 0 Å². The minimum atomic E-state index is -0.954. The van der Waals surface area contributed by atoms with Crippen LogP contribution in [0.25, 0.3) is 0 Å². The van der Waals surface area contributed by atoms with Crippen LogP contribution < -0.4 is 16.4 Å². The van der Waals surface area contributed by atoms with E-state index in [1.54, 1.807) is 0 Å². The van der Waals surface area contributed by atoms with Gasteiger partial charge in [-0.25, -0.2) is 13.2 Å². The normalized spacial score (nSPS) is 23.4. The molecular formula is C24H38F2N4O2S. The fourth-order valence-electron chi connectivity index (χ4n) is 4.34. The molecule has 1 aliphatic heterocycles. The molecule has 0 radical (unpaired) electrons. The highest BCUT2D eigenvalue weighted by molar-refractivity contribution is 8.01. The van der Waals surface area contributed by atoms with E-state index in [0.29, 0.717) is 36.4 Å². The highest BCUT2D eigenvalue weighted by Gasteiger charge is 2.39. The average Bonchev–Trinajstić information content (AvgIpc) is 2.69. The standard InChI is InChI=1S/C24H38F2N4O2S/c1-16(33-29-15-27)30-20(12-17-10-18(25)13-19(26)11-17)22(31)21-14-24(32,8-9-28-21)7-5-6-23(2,3)4/h10-11,13,15,20-22,28,30-32H,1,5-9,12,14H2,2-4H3,(H2,27,29). The van der Waals surface area contributed by atoms with E-state index in [1.165, 1.54) is 12.1 Å². The van der Waals surface area contributed by atoms with Crippen LogP contribution in [0.1, 0.15) is 58.4 Å². The summed E-state index contributed by atoms with van der Waals surface area (Å²) in [6.45, 7) is 11.0. The smallest absolute Gasteiger partial charge is 0.126 e. The number of nitrogens with two attached hydrogens (primary N) is 1. The number of hydrogen-bond acceptors (Lipinski definition) is 6. The second kappa shape index (κ2) is 12.1. The number of halogens is 2. The summed E-state index contributed by atoms with van der Waals surface area (Å²) in [5, 5.41) is 29.3. The van der Waals surface area contributed by atoms with Crippen molar-refractivity contribution < 1.29 is 19.0 Å². The Morgan fingerprint density at radius 2 is 2.06 bits per heavy atom. The van der Waals surface area contributed by atoms with Gasteiger partial charge in [-0.2, -0.15) is 0 Å². The van der Waals surface area contributed by atoms with Gasteiger partial charge in [0, 0.05) is 24.1 Å². The first-order valence-electron chi connectivity index (χ1n) is 11.4. The Morgan fingerprint density at radius 3 is 2.67 bits per heavy atom. The van der Waals surface area contributed by atoms with Crippen LogP contribution in [0, 0.1) is 17.0 Å². The number of nitrogens with zero attached hydrogens (tertiary/aromatic N) is 1. The quantitative estimate of drug-likeness (QED) is 0.187. The van der Waals surface area contributed by atoms with Crippen molar-refractivity contribution >= 4 is 18.3 Å². The Kier molecular flexibility index (Phi) is 10.1. The van der Waals surface area contributed by atoms with Crippen LogP contribution in [0.15, 0.2) is 34.2 Å². The topological polar surface area (TPSA) is 103 Å². The highest BCUT2D eigenvalue weighted by atomic mass is 32.2. The first-order valence-corrected chi connectivity index (χ1v) is 12.1. The van der Waals surface area contributed by atoms with Crippen LogP contribution in [-0.2, 0) is 6.42 Å². The average molecular weight is 485 g/mol. The lowest BCUT2D eigenvalue weighted by atomic mass is 9.78. The summed E-state index contributed by atoms with van der Waals surface area (Å²) in [7, 11) is 0. The number of benzene rings is 1. The summed E-state index contributed by atoms with van der Waals surface area (Å²) in [6.07, 6.45) is 3.89. The zero-order valence-electron chi connectivity index (χ0n) is 19.8. The molecule has 1 saturated heterocycles. The Hall–Kier alpha value is -1.68. The molecular weight excluding hydrogens is 446 g/mol. The SMILES string of the molecule is C=C(NC(Cc1cc(F)cc(F)c1)C(O)C1CC(O)(CCCC(C)(C)C)CCN1)SN=CN.